The molecule has 0 saturated carbocycles. The molecular formula is C8H10K2O8. The van der Waals surface area contributed by atoms with Gasteiger partial charge in [0.15, 0.2) is 0 Å². The molecule has 0 unspecified atom stereocenters. The van der Waals surface area contributed by atoms with E-state index < -0.39 is 36.7 Å². The van der Waals surface area contributed by atoms with Crippen LogP contribution in [0.2, 0.25) is 0 Å². The molecule has 18 heavy (non-hydrogen) atoms. The third kappa shape index (κ3) is 25.9. The Bertz CT molecular complexity index is 250. The van der Waals surface area contributed by atoms with Crippen LogP contribution in [0.4, 0.5) is 0 Å². The van der Waals surface area contributed by atoms with Gasteiger partial charge >= 0.3 is 115 Å². The summed E-state index contributed by atoms with van der Waals surface area (Å²) in [5.74, 6) is -4.41. The molecule has 0 aromatic heterocycles. The van der Waals surface area contributed by atoms with Gasteiger partial charge in [0.1, 0.15) is 0 Å². The van der Waals surface area contributed by atoms with Crippen molar-refractivity contribution < 1.29 is 142 Å². The van der Waals surface area contributed by atoms with Gasteiger partial charge in [-0.1, -0.05) is 0 Å². The Kier molecular flexibility index (Phi) is 27.7. The number of esters is 2. The molecule has 10 heteroatoms. The summed E-state index contributed by atoms with van der Waals surface area (Å²) in [7, 11) is 2.23. The third-order valence-corrected chi connectivity index (χ3v) is 1.03. The number of carbonyl (C=O) groups excluding carboxylic acids is 4. The summed E-state index contributed by atoms with van der Waals surface area (Å²) in [5, 5.41) is 19.1. The smallest absolute Gasteiger partial charge is 0.550 e. The van der Waals surface area contributed by atoms with Crippen molar-refractivity contribution in [3.63, 3.8) is 0 Å². The van der Waals surface area contributed by atoms with Crippen LogP contribution in [0.15, 0.2) is 0 Å². The summed E-state index contributed by atoms with van der Waals surface area (Å²) < 4.78 is 8.00. The summed E-state index contributed by atoms with van der Waals surface area (Å²) >= 11 is 0. The van der Waals surface area contributed by atoms with E-state index in [-0.39, 0.29) is 103 Å². The maximum Gasteiger partial charge on any atom is 1.00 e. The quantitative estimate of drug-likeness (QED) is 0.284. The average molecular weight is 312 g/mol. The van der Waals surface area contributed by atoms with Gasteiger partial charge in [0, 0.05) is 0 Å². The fourth-order valence-electron chi connectivity index (χ4n) is 0.380. The van der Waals surface area contributed by atoms with Crippen LogP contribution in [0.3, 0.4) is 0 Å². The summed E-state index contributed by atoms with van der Waals surface area (Å²) in [4.78, 5) is 39.1. The number of carboxylic acid groups (broad SMARTS) is 2. The molecular weight excluding hydrogens is 302 g/mol. The van der Waals surface area contributed by atoms with Crippen molar-refractivity contribution in [1.82, 2.24) is 0 Å². The van der Waals surface area contributed by atoms with Gasteiger partial charge in [-0.25, -0.2) is 0 Å². The van der Waals surface area contributed by atoms with Crippen LogP contribution in [0.1, 0.15) is 12.8 Å². The second-order valence-corrected chi connectivity index (χ2v) is 2.25. The van der Waals surface area contributed by atoms with Gasteiger partial charge in [0.05, 0.1) is 39.0 Å². The minimum atomic E-state index is -1.42. The predicted octanol–water partition coefficient (Wildman–Crippen LogP) is -9.39. The van der Waals surface area contributed by atoms with Crippen molar-refractivity contribution in [2.45, 2.75) is 12.8 Å². The molecule has 8 nitrogen and oxygen atoms in total. The molecule has 92 valence electrons. The first kappa shape index (κ1) is 27.5. The first-order valence-corrected chi connectivity index (χ1v) is 3.86. The predicted molar refractivity (Wildman–Crippen MR) is 43.3 cm³/mol. The second kappa shape index (κ2) is 18.2. The van der Waals surface area contributed by atoms with Gasteiger partial charge in [-0.3, -0.25) is 9.59 Å². The minimum Gasteiger partial charge on any atom is -0.550 e. The molecule has 0 bridgehead atoms. The van der Waals surface area contributed by atoms with Gasteiger partial charge in [-0.05, 0) is 0 Å². The molecule has 0 aliphatic heterocycles. The van der Waals surface area contributed by atoms with E-state index in [2.05, 4.69) is 9.47 Å². The summed E-state index contributed by atoms with van der Waals surface area (Å²) in [5.41, 5.74) is 0. The Hall–Kier alpha value is 1.15. The van der Waals surface area contributed by atoms with Crippen LogP contribution in [0, 0.1) is 0 Å². The van der Waals surface area contributed by atoms with Gasteiger partial charge < -0.3 is 29.3 Å². The monoisotopic (exact) mass is 312 g/mol. The largest absolute Gasteiger partial charge is 1.00 e. The van der Waals surface area contributed by atoms with Gasteiger partial charge in [-0.15, -0.1) is 0 Å². The first-order chi connectivity index (χ1) is 7.33. The van der Waals surface area contributed by atoms with E-state index in [1.54, 1.807) is 0 Å². The zero-order chi connectivity index (χ0) is 13.1. The van der Waals surface area contributed by atoms with Crippen molar-refractivity contribution in [3.05, 3.63) is 0 Å². The van der Waals surface area contributed by atoms with E-state index in [1.807, 2.05) is 0 Å². The molecule has 0 rings (SSSR count). The number of aliphatic carboxylic acids is 2. The number of carbonyl (C=O) groups is 4. The number of rotatable bonds is 4. The Morgan fingerprint density at radius 1 is 0.778 bits per heavy atom. The van der Waals surface area contributed by atoms with Gasteiger partial charge in [0.2, 0.25) is 0 Å². The number of ether oxygens (including phenoxy) is 2. The van der Waals surface area contributed by atoms with E-state index in [0.29, 0.717) is 0 Å². The molecule has 0 aromatic carbocycles. The molecule has 0 saturated heterocycles. The summed E-state index contributed by atoms with van der Waals surface area (Å²) in [6, 6.07) is 0. The Balaban J connectivity index is -0.0000000980. The maximum atomic E-state index is 9.98. The normalized spacial score (nSPS) is 7.22. The SMILES string of the molecule is COC(=O)CC(=O)[O-].COC(=O)CC(=O)[O-].[K+].[K+]. The van der Waals surface area contributed by atoms with Crippen LogP contribution >= 0.6 is 0 Å². The fourth-order valence-corrected chi connectivity index (χ4v) is 0.380. The van der Waals surface area contributed by atoms with E-state index in [4.69, 9.17) is 0 Å². The third-order valence-electron chi connectivity index (χ3n) is 1.03. The molecule has 0 aromatic rings. The zero-order valence-corrected chi connectivity index (χ0v) is 16.9. The maximum absolute atomic E-state index is 9.98. The molecule has 0 aliphatic rings. The summed E-state index contributed by atoms with van der Waals surface area (Å²) in [6.07, 6.45) is -1.34. The molecule has 0 radical (unpaired) electrons. The molecule has 0 atom stereocenters. The zero-order valence-electron chi connectivity index (χ0n) is 10.7. The van der Waals surface area contributed by atoms with Crippen LogP contribution in [0.5, 0.6) is 0 Å². The Morgan fingerprint density at radius 2 is 1.00 bits per heavy atom. The molecule has 0 spiro atoms. The Morgan fingerprint density at radius 3 is 1.06 bits per heavy atom. The van der Waals surface area contributed by atoms with Gasteiger partial charge in [0.25, 0.3) is 0 Å². The molecule has 0 fully saturated rings. The van der Waals surface area contributed by atoms with Crippen molar-refractivity contribution in [2.24, 2.45) is 0 Å². The van der Waals surface area contributed by atoms with Crippen LogP contribution in [-0.4, -0.2) is 38.1 Å². The first-order valence-electron chi connectivity index (χ1n) is 3.86. The molecule has 0 aliphatic carbocycles. The topological polar surface area (TPSA) is 133 Å². The fraction of sp³-hybridized carbons (Fsp3) is 0.500. The van der Waals surface area contributed by atoms with E-state index in [9.17, 15) is 29.4 Å². The number of hydrogen-bond acceptors (Lipinski definition) is 8. The molecule has 0 heterocycles. The van der Waals surface area contributed by atoms with Crippen LogP contribution < -0.4 is 113 Å². The van der Waals surface area contributed by atoms with Crippen molar-refractivity contribution >= 4 is 23.9 Å². The number of carboxylic acids is 2. The van der Waals surface area contributed by atoms with Crippen molar-refractivity contribution in [1.29, 1.82) is 0 Å². The van der Waals surface area contributed by atoms with Crippen LogP contribution in [-0.2, 0) is 28.7 Å². The number of hydrogen-bond donors (Lipinski definition) is 0. The minimum absolute atomic E-state index is 0. The van der Waals surface area contributed by atoms with E-state index >= 15 is 0 Å². The average Bonchev–Trinajstić information content (AvgIpc) is 2.16. The number of methoxy groups -OCH3 is 2. The second-order valence-electron chi connectivity index (χ2n) is 2.25. The molecule has 0 amide bonds. The molecule has 0 N–H and O–H groups in total. The standard InChI is InChI=1S/2C4H6O4.2K/c2*1-8-4(7)2-3(5)6;;/h2*2H2,1H3,(H,5,6);;/q;;2*+1/p-2. The van der Waals surface area contributed by atoms with Crippen molar-refractivity contribution in [2.75, 3.05) is 14.2 Å². The Labute approximate surface area is 189 Å². The van der Waals surface area contributed by atoms with E-state index in [1.165, 1.54) is 0 Å². The van der Waals surface area contributed by atoms with E-state index in [0.717, 1.165) is 14.2 Å². The van der Waals surface area contributed by atoms with Gasteiger partial charge in [-0.2, -0.15) is 0 Å². The summed E-state index contributed by atoms with van der Waals surface area (Å²) in [6.45, 7) is 0. The van der Waals surface area contributed by atoms with Crippen LogP contribution in [0.25, 0.3) is 0 Å². The van der Waals surface area contributed by atoms with Crippen molar-refractivity contribution in [3.8, 4) is 0 Å².